The molecule has 4 rings (SSSR count). The van der Waals surface area contributed by atoms with Crippen molar-refractivity contribution in [2.24, 2.45) is 0 Å². The SMILES string of the molecule is CCN(Cc1ccccc1)C(=O)c1coc(CN2CCN(Cc3cccc(F)c3F)CC2)n1. The summed E-state index contributed by atoms with van der Waals surface area (Å²) in [6, 6.07) is 14.1. The molecule has 6 nitrogen and oxygen atoms in total. The average molecular weight is 455 g/mol. The van der Waals surface area contributed by atoms with Gasteiger partial charge in [-0.3, -0.25) is 14.6 Å². The summed E-state index contributed by atoms with van der Waals surface area (Å²) in [5.41, 5.74) is 1.74. The van der Waals surface area contributed by atoms with E-state index in [4.69, 9.17) is 4.42 Å². The second-order valence-corrected chi connectivity index (χ2v) is 8.20. The highest BCUT2D eigenvalue weighted by Crippen LogP contribution is 2.16. The van der Waals surface area contributed by atoms with Crippen LogP contribution in [0.4, 0.5) is 8.78 Å². The minimum Gasteiger partial charge on any atom is -0.447 e. The number of rotatable bonds is 8. The molecule has 1 aliphatic heterocycles. The molecule has 1 aromatic heterocycles. The third-order valence-electron chi connectivity index (χ3n) is 5.91. The highest BCUT2D eigenvalue weighted by Gasteiger charge is 2.22. The predicted molar refractivity (Wildman–Crippen MR) is 120 cm³/mol. The second-order valence-electron chi connectivity index (χ2n) is 8.20. The number of nitrogens with zero attached hydrogens (tertiary/aromatic N) is 4. The van der Waals surface area contributed by atoms with Gasteiger partial charge in [0.15, 0.2) is 17.3 Å². The molecule has 0 saturated carbocycles. The van der Waals surface area contributed by atoms with Crippen molar-refractivity contribution in [1.29, 1.82) is 0 Å². The Morgan fingerprint density at radius 1 is 1.00 bits per heavy atom. The lowest BCUT2D eigenvalue weighted by Crippen LogP contribution is -2.45. The van der Waals surface area contributed by atoms with Crippen LogP contribution in [0.25, 0.3) is 0 Å². The Hall–Kier alpha value is -3.10. The van der Waals surface area contributed by atoms with Crippen LogP contribution >= 0.6 is 0 Å². The first-order chi connectivity index (χ1) is 16.0. The standard InChI is InChI=1S/C25H28F2N4O2/c1-2-31(15-19-7-4-3-5-8-19)25(32)22-18-33-23(28-22)17-30-13-11-29(12-14-30)16-20-9-6-10-21(26)24(20)27/h3-10,18H,2,11-17H2,1H3. The van der Waals surface area contributed by atoms with Gasteiger partial charge >= 0.3 is 0 Å². The fraction of sp³-hybridized carbons (Fsp3) is 0.360. The van der Waals surface area contributed by atoms with Gasteiger partial charge in [-0.2, -0.15) is 0 Å². The van der Waals surface area contributed by atoms with Crippen LogP contribution in [-0.4, -0.2) is 58.3 Å². The molecule has 1 fully saturated rings. The molecule has 174 valence electrons. The van der Waals surface area contributed by atoms with E-state index in [1.54, 1.807) is 11.0 Å². The van der Waals surface area contributed by atoms with Crippen molar-refractivity contribution in [3.05, 3.63) is 89.1 Å². The molecular formula is C25H28F2N4O2. The average Bonchev–Trinajstić information content (AvgIpc) is 3.30. The molecule has 2 aromatic carbocycles. The van der Waals surface area contributed by atoms with E-state index in [9.17, 15) is 13.6 Å². The Morgan fingerprint density at radius 3 is 2.39 bits per heavy atom. The van der Waals surface area contributed by atoms with E-state index in [0.717, 1.165) is 37.8 Å². The van der Waals surface area contributed by atoms with E-state index in [0.29, 0.717) is 43.3 Å². The zero-order valence-electron chi connectivity index (χ0n) is 18.7. The van der Waals surface area contributed by atoms with Crippen molar-refractivity contribution in [2.45, 2.75) is 26.6 Å². The molecule has 0 atom stereocenters. The van der Waals surface area contributed by atoms with Gasteiger partial charge in [0.25, 0.3) is 5.91 Å². The van der Waals surface area contributed by atoms with E-state index in [1.807, 2.05) is 37.3 Å². The molecule has 0 radical (unpaired) electrons. The van der Waals surface area contributed by atoms with Gasteiger partial charge in [0.2, 0.25) is 5.89 Å². The number of piperazine rings is 1. The summed E-state index contributed by atoms with van der Waals surface area (Å²) in [6.07, 6.45) is 1.42. The number of carbonyl (C=O) groups is 1. The molecule has 0 spiro atoms. The first-order valence-corrected chi connectivity index (χ1v) is 11.2. The Morgan fingerprint density at radius 2 is 1.70 bits per heavy atom. The van der Waals surface area contributed by atoms with Gasteiger partial charge in [0, 0.05) is 51.4 Å². The van der Waals surface area contributed by atoms with E-state index >= 15 is 0 Å². The van der Waals surface area contributed by atoms with Crippen molar-refractivity contribution in [3.8, 4) is 0 Å². The maximum atomic E-state index is 13.9. The fourth-order valence-corrected chi connectivity index (χ4v) is 3.98. The highest BCUT2D eigenvalue weighted by atomic mass is 19.2. The quantitative estimate of drug-likeness (QED) is 0.516. The van der Waals surface area contributed by atoms with Crippen LogP contribution in [-0.2, 0) is 19.6 Å². The molecule has 0 bridgehead atoms. The molecule has 0 aliphatic carbocycles. The van der Waals surface area contributed by atoms with Gasteiger partial charge in [0.05, 0.1) is 6.54 Å². The third kappa shape index (κ3) is 5.83. The van der Waals surface area contributed by atoms with E-state index in [2.05, 4.69) is 14.8 Å². The number of hydrogen-bond donors (Lipinski definition) is 0. The van der Waals surface area contributed by atoms with Gasteiger partial charge in [0.1, 0.15) is 6.26 Å². The summed E-state index contributed by atoms with van der Waals surface area (Å²) in [5, 5.41) is 0. The van der Waals surface area contributed by atoms with Crippen LogP contribution < -0.4 is 0 Å². The van der Waals surface area contributed by atoms with Crippen LogP contribution in [0.2, 0.25) is 0 Å². The minimum atomic E-state index is -0.814. The lowest BCUT2D eigenvalue weighted by Gasteiger charge is -2.34. The summed E-state index contributed by atoms with van der Waals surface area (Å²) >= 11 is 0. The first-order valence-electron chi connectivity index (χ1n) is 11.2. The van der Waals surface area contributed by atoms with Crippen LogP contribution in [0, 0.1) is 11.6 Å². The lowest BCUT2D eigenvalue weighted by atomic mass is 10.1. The van der Waals surface area contributed by atoms with E-state index < -0.39 is 11.6 Å². The molecule has 33 heavy (non-hydrogen) atoms. The van der Waals surface area contributed by atoms with Crippen LogP contribution in [0.5, 0.6) is 0 Å². The normalized spacial score (nSPS) is 15.0. The largest absolute Gasteiger partial charge is 0.447 e. The van der Waals surface area contributed by atoms with Crippen molar-refractivity contribution in [3.63, 3.8) is 0 Å². The third-order valence-corrected chi connectivity index (χ3v) is 5.91. The smallest absolute Gasteiger partial charge is 0.276 e. The molecule has 2 heterocycles. The van der Waals surface area contributed by atoms with Gasteiger partial charge in [-0.25, -0.2) is 13.8 Å². The number of oxazole rings is 1. The zero-order chi connectivity index (χ0) is 23.2. The summed E-state index contributed by atoms with van der Waals surface area (Å²) < 4.78 is 32.9. The van der Waals surface area contributed by atoms with E-state index in [-0.39, 0.29) is 5.91 Å². The molecule has 0 unspecified atom stereocenters. The molecule has 3 aromatic rings. The number of benzene rings is 2. The van der Waals surface area contributed by atoms with Crippen molar-refractivity contribution < 1.29 is 18.0 Å². The Labute approximate surface area is 192 Å². The summed E-state index contributed by atoms with van der Waals surface area (Å²) in [5.74, 6) is -1.24. The fourth-order valence-electron chi connectivity index (χ4n) is 3.98. The molecule has 1 saturated heterocycles. The first kappa shape index (κ1) is 23.1. The topological polar surface area (TPSA) is 52.8 Å². The highest BCUT2D eigenvalue weighted by molar-refractivity contribution is 5.91. The molecule has 0 N–H and O–H groups in total. The maximum Gasteiger partial charge on any atom is 0.276 e. The molecule has 8 heteroatoms. The number of halogens is 2. The van der Waals surface area contributed by atoms with Gasteiger partial charge < -0.3 is 9.32 Å². The number of carbonyl (C=O) groups excluding carboxylic acids is 1. The molecular weight excluding hydrogens is 426 g/mol. The van der Waals surface area contributed by atoms with Crippen LogP contribution in [0.1, 0.15) is 34.4 Å². The zero-order valence-corrected chi connectivity index (χ0v) is 18.7. The van der Waals surface area contributed by atoms with Crippen LogP contribution in [0.15, 0.2) is 59.2 Å². The van der Waals surface area contributed by atoms with Crippen molar-refractivity contribution in [2.75, 3.05) is 32.7 Å². The Bertz CT molecular complexity index is 1070. The number of aromatic nitrogens is 1. The minimum absolute atomic E-state index is 0.154. The summed E-state index contributed by atoms with van der Waals surface area (Å²) in [6.45, 7) is 6.86. The van der Waals surface area contributed by atoms with Gasteiger partial charge in [-0.05, 0) is 18.6 Å². The molecule has 1 aliphatic rings. The summed E-state index contributed by atoms with van der Waals surface area (Å²) in [7, 11) is 0. The maximum absolute atomic E-state index is 13.9. The van der Waals surface area contributed by atoms with Crippen molar-refractivity contribution >= 4 is 5.91 Å². The number of amides is 1. The predicted octanol–water partition coefficient (Wildman–Crippen LogP) is 3.93. The monoisotopic (exact) mass is 454 g/mol. The van der Waals surface area contributed by atoms with Gasteiger partial charge in [-0.1, -0.05) is 42.5 Å². The number of hydrogen-bond acceptors (Lipinski definition) is 5. The van der Waals surface area contributed by atoms with Crippen molar-refractivity contribution in [1.82, 2.24) is 19.7 Å². The van der Waals surface area contributed by atoms with Gasteiger partial charge in [-0.15, -0.1) is 0 Å². The van der Waals surface area contributed by atoms with Crippen LogP contribution in [0.3, 0.4) is 0 Å². The summed E-state index contributed by atoms with van der Waals surface area (Å²) in [4.78, 5) is 23.3. The Kier molecular flexibility index (Phi) is 7.47. The lowest BCUT2D eigenvalue weighted by molar-refractivity contribution is 0.0746. The molecule has 1 amide bonds. The second kappa shape index (κ2) is 10.7. The van der Waals surface area contributed by atoms with E-state index in [1.165, 1.54) is 12.3 Å². The Balaban J connectivity index is 1.29.